The summed E-state index contributed by atoms with van der Waals surface area (Å²) in [4.78, 5) is 12.7. The van der Waals surface area contributed by atoms with Gasteiger partial charge in [-0.2, -0.15) is 0 Å². The number of hydrogen-bond acceptors (Lipinski definition) is 4. The third-order valence-corrected chi connectivity index (χ3v) is 3.87. The van der Waals surface area contributed by atoms with Gasteiger partial charge in [-0.3, -0.25) is 4.57 Å². The Morgan fingerprint density at radius 3 is 2.95 bits per heavy atom. The van der Waals surface area contributed by atoms with Crippen molar-refractivity contribution in [1.82, 2.24) is 14.8 Å². The van der Waals surface area contributed by atoms with E-state index in [1.165, 1.54) is 17.3 Å². The molecule has 6 heteroatoms. The molecule has 0 atom stereocenters. The SMILES string of the molecule is CCCn1c(Sc2ccccc2CCN)n[nH]c1=O. The average molecular weight is 278 g/mol. The zero-order valence-electron chi connectivity index (χ0n) is 10.9. The largest absolute Gasteiger partial charge is 0.343 e. The maximum absolute atomic E-state index is 11.6. The molecule has 3 N–H and O–H groups in total. The Bertz CT molecular complexity index is 590. The maximum Gasteiger partial charge on any atom is 0.343 e. The van der Waals surface area contributed by atoms with E-state index in [0.29, 0.717) is 18.2 Å². The van der Waals surface area contributed by atoms with Gasteiger partial charge in [-0.1, -0.05) is 25.1 Å². The lowest BCUT2D eigenvalue weighted by Crippen LogP contribution is -2.17. The summed E-state index contributed by atoms with van der Waals surface area (Å²) < 4.78 is 1.67. The van der Waals surface area contributed by atoms with Gasteiger partial charge in [0.15, 0.2) is 5.16 Å². The molecule has 0 aliphatic carbocycles. The molecule has 2 rings (SSSR count). The van der Waals surface area contributed by atoms with Crippen LogP contribution in [-0.4, -0.2) is 21.3 Å². The molecule has 1 aromatic heterocycles. The molecule has 5 nitrogen and oxygen atoms in total. The first kappa shape index (κ1) is 13.9. The van der Waals surface area contributed by atoms with Crippen LogP contribution in [0, 0.1) is 0 Å². The van der Waals surface area contributed by atoms with Crippen molar-refractivity contribution in [2.24, 2.45) is 5.73 Å². The van der Waals surface area contributed by atoms with Crippen LogP contribution in [0.3, 0.4) is 0 Å². The molecule has 0 amide bonds. The summed E-state index contributed by atoms with van der Waals surface area (Å²) in [5, 5.41) is 7.30. The van der Waals surface area contributed by atoms with Crippen molar-refractivity contribution in [3.8, 4) is 0 Å². The Kier molecular flexibility index (Phi) is 4.81. The number of nitrogens with two attached hydrogens (primary N) is 1. The third-order valence-electron chi connectivity index (χ3n) is 2.76. The van der Waals surface area contributed by atoms with Crippen molar-refractivity contribution in [2.75, 3.05) is 6.54 Å². The fourth-order valence-electron chi connectivity index (χ4n) is 1.87. The van der Waals surface area contributed by atoms with Crippen molar-refractivity contribution in [3.63, 3.8) is 0 Å². The maximum atomic E-state index is 11.6. The predicted octanol–water partition coefficient (Wildman–Crippen LogP) is 1.63. The Hall–Kier alpha value is -1.53. The van der Waals surface area contributed by atoms with Gasteiger partial charge in [0, 0.05) is 11.4 Å². The molecule has 0 bridgehead atoms. The van der Waals surface area contributed by atoms with E-state index in [1.807, 2.05) is 25.1 Å². The minimum atomic E-state index is -0.152. The quantitative estimate of drug-likeness (QED) is 0.842. The molecule has 0 radical (unpaired) electrons. The number of H-pyrrole nitrogens is 1. The van der Waals surface area contributed by atoms with Gasteiger partial charge in [0.05, 0.1) is 0 Å². The van der Waals surface area contributed by atoms with Gasteiger partial charge in [0.2, 0.25) is 0 Å². The van der Waals surface area contributed by atoms with E-state index in [9.17, 15) is 4.79 Å². The molecule has 0 saturated heterocycles. The van der Waals surface area contributed by atoms with Gasteiger partial charge in [0.1, 0.15) is 0 Å². The first-order chi connectivity index (χ1) is 9.26. The summed E-state index contributed by atoms with van der Waals surface area (Å²) >= 11 is 1.51. The van der Waals surface area contributed by atoms with E-state index in [-0.39, 0.29) is 5.69 Å². The minimum absolute atomic E-state index is 0.152. The molecule has 1 aromatic carbocycles. The van der Waals surface area contributed by atoms with Crippen LogP contribution in [0.15, 0.2) is 39.1 Å². The number of hydrogen-bond donors (Lipinski definition) is 2. The zero-order valence-corrected chi connectivity index (χ0v) is 11.7. The van der Waals surface area contributed by atoms with Gasteiger partial charge >= 0.3 is 5.69 Å². The number of nitrogens with zero attached hydrogens (tertiary/aromatic N) is 2. The lowest BCUT2D eigenvalue weighted by atomic mass is 10.1. The molecule has 19 heavy (non-hydrogen) atoms. The lowest BCUT2D eigenvalue weighted by molar-refractivity contribution is 0.604. The first-order valence-corrected chi connectivity index (χ1v) is 7.19. The van der Waals surface area contributed by atoms with Crippen molar-refractivity contribution in [3.05, 3.63) is 40.3 Å². The van der Waals surface area contributed by atoms with Gasteiger partial charge in [-0.15, -0.1) is 5.10 Å². The van der Waals surface area contributed by atoms with Crippen molar-refractivity contribution >= 4 is 11.8 Å². The third kappa shape index (κ3) is 3.27. The summed E-state index contributed by atoms with van der Waals surface area (Å²) in [6, 6.07) is 8.07. The Morgan fingerprint density at radius 1 is 1.42 bits per heavy atom. The molecule has 0 aliphatic heterocycles. The van der Waals surface area contributed by atoms with E-state index in [1.54, 1.807) is 4.57 Å². The van der Waals surface area contributed by atoms with E-state index in [0.717, 1.165) is 17.7 Å². The highest BCUT2D eigenvalue weighted by atomic mass is 32.2. The van der Waals surface area contributed by atoms with Gasteiger partial charge < -0.3 is 5.73 Å². The van der Waals surface area contributed by atoms with Gasteiger partial charge in [0.25, 0.3) is 0 Å². The van der Waals surface area contributed by atoms with Crippen LogP contribution < -0.4 is 11.4 Å². The molecule has 0 aliphatic rings. The van der Waals surface area contributed by atoms with Crippen molar-refractivity contribution in [2.45, 2.75) is 36.4 Å². The summed E-state index contributed by atoms with van der Waals surface area (Å²) in [6.07, 6.45) is 1.73. The zero-order chi connectivity index (χ0) is 13.7. The number of rotatable bonds is 6. The van der Waals surface area contributed by atoms with Crippen molar-refractivity contribution < 1.29 is 0 Å². The van der Waals surface area contributed by atoms with Crippen LogP contribution in [0.5, 0.6) is 0 Å². The summed E-state index contributed by atoms with van der Waals surface area (Å²) in [5.41, 5.74) is 6.65. The predicted molar refractivity (Wildman–Crippen MR) is 76.5 cm³/mol. The highest BCUT2D eigenvalue weighted by Crippen LogP contribution is 2.28. The summed E-state index contributed by atoms with van der Waals surface area (Å²) in [7, 11) is 0. The minimum Gasteiger partial charge on any atom is -0.330 e. The fraction of sp³-hybridized carbons (Fsp3) is 0.385. The Labute approximate surface area is 116 Å². The standard InChI is InChI=1S/C13H18N4OS/c1-2-9-17-12(18)15-16-13(17)19-11-6-4-3-5-10(11)7-8-14/h3-6H,2,7-9,14H2,1H3,(H,15,18). The number of aromatic amines is 1. The lowest BCUT2D eigenvalue weighted by Gasteiger charge is -2.08. The second kappa shape index (κ2) is 6.58. The monoisotopic (exact) mass is 278 g/mol. The topological polar surface area (TPSA) is 76.7 Å². The van der Waals surface area contributed by atoms with E-state index >= 15 is 0 Å². The van der Waals surface area contributed by atoms with E-state index in [2.05, 4.69) is 16.3 Å². The fourth-order valence-corrected chi connectivity index (χ4v) is 2.89. The van der Waals surface area contributed by atoms with Crippen molar-refractivity contribution in [1.29, 1.82) is 0 Å². The molecule has 0 fully saturated rings. The van der Waals surface area contributed by atoms with Gasteiger partial charge in [-0.05, 0) is 42.8 Å². The summed E-state index contributed by atoms with van der Waals surface area (Å²) in [6.45, 7) is 3.33. The highest BCUT2D eigenvalue weighted by molar-refractivity contribution is 7.99. The smallest absolute Gasteiger partial charge is 0.330 e. The molecule has 1 heterocycles. The first-order valence-electron chi connectivity index (χ1n) is 6.37. The molecular formula is C13H18N4OS. The van der Waals surface area contributed by atoms with Crippen LogP contribution >= 0.6 is 11.8 Å². The van der Waals surface area contributed by atoms with E-state index < -0.39 is 0 Å². The molecule has 0 spiro atoms. The second-order valence-corrected chi connectivity index (χ2v) is 5.22. The molecule has 0 unspecified atom stereocenters. The van der Waals surface area contributed by atoms with E-state index in [4.69, 9.17) is 5.73 Å². The molecule has 2 aromatic rings. The number of aromatic nitrogens is 3. The number of benzene rings is 1. The highest BCUT2D eigenvalue weighted by Gasteiger charge is 2.11. The average Bonchev–Trinajstić information content (AvgIpc) is 2.75. The van der Waals surface area contributed by atoms with Crippen LogP contribution in [-0.2, 0) is 13.0 Å². The van der Waals surface area contributed by atoms with Crippen LogP contribution in [0.25, 0.3) is 0 Å². The molecule has 0 saturated carbocycles. The Balaban J connectivity index is 2.28. The van der Waals surface area contributed by atoms with Gasteiger partial charge in [-0.25, -0.2) is 9.89 Å². The summed E-state index contributed by atoms with van der Waals surface area (Å²) in [5.74, 6) is 0. The molecule has 102 valence electrons. The van der Waals surface area contributed by atoms with Crippen LogP contribution in [0.2, 0.25) is 0 Å². The number of nitrogens with one attached hydrogen (secondary N) is 1. The van der Waals surface area contributed by atoms with Crippen LogP contribution in [0.1, 0.15) is 18.9 Å². The normalized spacial score (nSPS) is 10.8. The second-order valence-electron chi connectivity index (χ2n) is 4.21. The van der Waals surface area contributed by atoms with Crippen LogP contribution in [0.4, 0.5) is 0 Å². The Morgan fingerprint density at radius 2 is 2.21 bits per heavy atom. The molecular weight excluding hydrogens is 260 g/mol.